The van der Waals surface area contributed by atoms with Gasteiger partial charge in [0.2, 0.25) is 0 Å². The van der Waals surface area contributed by atoms with Gasteiger partial charge in [0.25, 0.3) is 0 Å². The van der Waals surface area contributed by atoms with E-state index in [0.717, 1.165) is 31.4 Å². The Morgan fingerprint density at radius 2 is 1.69 bits per heavy atom. The number of hydrogen-bond donors (Lipinski definition) is 0. The fourth-order valence-corrected chi connectivity index (χ4v) is 5.50. The number of ether oxygens (including phenoxy) is 3. The van der Waals surface area contributed by atoms with E-state index in [1.807, 2.05) is 0 Å². The Kier molecular flexibility index (Phi) is 7.19. The maximum Gasteiger partial charge on any atom is 0.332 e. The Balaban J connectivity index is 1.27. The Labute approximate surface area is 208 Å². The first-order valence-corrected chi connectivity index (χ1v) is 12.8. The van der Waals surface area contributed by atoms with E-state index >= 15 is 0 Å². The molecule has 0 aromatic heterocycles. The molecule has 1 saturated carbocycles. The quantitative estimate of drug-likeness (QED) is 0.360. The topological polar surface area (TPSA) is 44.8 Å². The second kappa shape index (κ2) is 10.7. The largest absolute Gasteiger partial charge is 0.490 e. The molecule has 0 aliphatic heterocycles. The van der Waals surface area contributed by atoms with Gasteiger partial charge in [-0.3, -0.25) is 0 Å². The zero-order valence-electron chi connectivity index (χ0n) is 20.6. The minimum Gasteiger partial charge on any atom is -0.490 e. The molecule has 1 fully saturated rings. The van der Waals surface area contributed by atoms with Crippen molar-refractivity contribution in [3.8, 4) is 5.75 Å². The van der Waals surface area contributed by atoms with E-state index in [-0.39, 0.29) is 24.8 Å². The molecule has 2 aliphatic carbocycles. The van der Waals surface area contributed by atoms with Crippen LogP contribution in [0.5, 0.6) is 5.75 Å². The van der Waals surface area contributed by atoms with Crippen molar-refractivity contribution in [2.75, 3.05) is 13.2 Å². The lowest BCUT2D eigenvalue weighted by Gasteiger charge is -2.36. The van der Waals surface area contributed by atoms with Crippen molar-refractivity contribution < 1.29 is 19.0 Å². The molecule has 4 nitrogen and oxygen atoms in total. The maximum absolute atomic E-state index is 11.5. The zero-order valence-corrected chi connectivity index (χ0v) is 20.6. The van der Waals surface area contributed by atoms with Crippen LogP contribution in [0.15, 0.2) is 72.8 Å². The van der Waals surface area contributed by atoms with Crippen molar-refractivity contribution in [3.63, 3.8) is 0 Å². The van der Waals surface area contributed by atoms with Crippen LogP contribution in [-0.4, -0.2) is 31.4 Å². The molecule has 0 N–H and O–H groups in total. The Morgan fingerprint density at radius 3 is 2.43 bits per heavy atom. The monoisotopic (exact) mass is 470 g/mol. The van der Waals surface area contributed by atoms with Crippen LogP contribution in [0.3, 0.4) is 0 Å². The Morgan fingerprint density at radius 1 is 0.914 bits per heavy atom. The van der Waals surface area contributed by atoms with E-state index in [1.165, 1.54) is 27.8 Å². The van der Waals surface area contributed by atoms with Gasteiger partial charge < -0.3 is 14.2 Å². The van der Waals surface area contributed by atoms with Gasteiger partial charge in [-0.25, -0.2) is 4.79 Å². The lowest BCUT2D eigenvalue weighted by atomic mass is 9.69. The Bertz CT molecular complexity index is 1130. The molecule has 3 aromatic rings. The first-order chi connectivity index (χ1) is 17.1. The fourth-order valence-electron chi connectivity index (χ4n) is 5.50. The lowest BCUT2D eigenvalue weighted by Crippen LogP contribution is -2.40. The summed E-state index contributed by atoms with van der Waals surface area (Å²) >= 11 is 0. The van der Waals surface area contributed by atoms with E-state index in [1.54, 1.807) is 6.92 Å². The molecule has 0 heterocycles. The van der Waals surface area contributed by atoms with Crippen LogP contribution in [0.1, 0.15) is 65.8 Å². The van der Waals surface area contributed by atoms with E-state index in [9.17, 15) is 4.79 Å². The van der Waals surface area contributed by atoms with Crippen molar-refractivity contribution >= 4 is 5.97 Å². The molecule has 0 bridgehead atoms. The van der Waals surface area contributed by atoms with Crippen LogP contribution in [0.25, 0.3) is 0 Å². The van der Waals surface area contributed by atoms with Gasteiger partial charge in [-0.1, -0.05) is 66.2 Å². The van der Waals surface area contributed by atoms with Crippen molar-refractivity contribution in [3.05, 3.63) is 101 Å². The zero-order chi connectivity index (χ0) is 24.2. The summed E-state index contributed by atoms with van der Waals surface area (Å²) in [5.74, 6) is 1.38. The van der Waals surface area contributed by atoms with E-state index in [2.05, 4.69) is 79.7 Å². The summed E-state index contributed by atoms with van der Waals surface area (Å²) in [5, 5.41) is 0. The minimum atomic E-state index is -0.305. The number of aryl methyl sites for hydroxylation is 2. The molecule has 0 unspecified atom stereocenters. The molecule has 5 rings (SSSR count). The van der Waals surface area contributed by atoms with Crippen LogP contribution in [-0.2, 0) is 20.7 Å². The number of fused-ring (bicyclic) bond motifs is 1. The highest BCUT2D eigenvalue weighted by Gasteiger charge is 2.34. The second-order valence-electron chi connectivity index (χ2n) is 9.75. The number of hydrogen-bond acceptors (Lipinski definition) is 4. The van der Waals surface area contributed by atoms with Gasteiger partial charge >= 0.3 is 5.97 Å². The average Bonchev–Trinajstić information content (AvgIpc) is 2.85. The molecule has 2 aliphatic rings. The second-order valence-corrected chi connectivity index (χ2v) is 9.75. The van der Waals surface area contributed by atoms with Crippen LogP contribution in [0.4, 0.5) is 0 Å². The summed E-state index contributed by atoms with van der Waals surface area (Å²) < 4.78 is 16.7. The van der Waals surface area contributed by atoms with Gasteiger partial charge in [-0.2, -0.15) is 0 Å². The fraction of sp³-hybridized carbons (Fsp3) is 0.387. The van der Waals surface area contributed by atoms with Gasteiger partial charge in [0, 0.05) is 18.8 Å². The van der Waals surface area contributed by atoms with Crippen molar-refractivity contribution in [2.24, 2.45) is 0 Å². The highest BCUT2D eigenvalue weighted by Crippen LogP contribution is 2.46. The molecule has 35 heavy (non-hydrogen) atoms. The van der Waals surface area contributed by atoms with E-state index in [4.69, 9.17) is 14.2 Å². The highest BCUT2D eigenvalue weighted by atomic mass is 16.6. The third-order valence-corrected chi connectivity index (χ3v) is 7.32. The summed E-state index contributed by atoms with van der Waals surface area (Å²) in [6.07, 6.45) is 4.06. The number of carbonyl (C=O) groups excluding carboxylic acids is 1. The number of esters is 1. The lowest BCUT2D eigenvalue weighted by molar-refractivity contribution is -0.154. The SMILES string of the molecule is CCOC(=O)COC1CC(Oc2ccc([C@@H]3c4ccc(C)cc4CC[C@@H]3c3ccccc3)cc2)C1. The first kappa shape index (κ1) is 23.6. The Hall–Kier alpha value is -3.11. The van der Waals surface area contributed by atoms with Crippen molar-refractivity contribution in [2.45, 2.75) is 63.6 Å². The molecule has 0 saturated heterocycles. The number of rotatable bonds is 8. The third kappa shape index (κ3) is 5.43. The molecule has 0 amide bonds. The van der Waals surface area contributed by atoms with E-state index < -0.39 is 0 Å². The average molecular weight is 471 g/mol. The van der Waals surface area contributed by atoms with Crippen molar-refractivity contribution in [1.82, 2.24) is 0 Å². The van der Waals surface area contributed by atoms with Crippen LogP contribution in [0.2, 0.25) is 0 Å². The summed E-state index contributed by atoms with van der Waals surface area (Å²) in [4.78, 5) is 11.5. The third-order valence-electron chi connectivity index (χ3n) is 7.32. The van der Waals surface area contributed by atoms with Gasteiger partial charge in [-0.15, -0.1) is 0 Å². The van der Waals surface area contributed by atoms with Gasteiger partial charge in [-0.05, 0) is 67.0 Å². The molecular weight excluding hydrogens is 436 g/mol. The minimum absolute atomic E-state index is 0.0187. The number of benzene rings is 3. The molecule has 0 spiro atoms. The highest BCUT2D eigenvalue weighted by molar-refractivity contribution is 5.70. The predicted molar refractivity (Wildman–Crippen MR) is 137 cm³/mol. The standard InChI is InChI=1S/C31H34O4/c1-3-33-30(32)20-34-26-18-27(19-26)35-25-13-10-23(11-14-25)31-28(22-7-5-4-6-8-22)16-12-24-17-21(2)9-15-29(24)31/h4-11,13-15,17,26-28,31H,3,12,16,18-20H2,1-2H3/t26?,27?,28-,31+/m1/s1. The smallest absolute Gasteiger partial charge is 0.332 e. The van der Waals surface area contributed by atoms with Crippen LogP contribution < -0.4 is 4.74 Å². The first-order valence-electron chi connectivity index (χ1n) is 12.8. The normalized spacial score (nSPS) is 23.1. The molecule has 182 valence electrons. The number of carbonyl (C=O) groups is 1. The van der Waals surface area contributed by atoms with E-state index in [0.29, 0.717) is 18.4 Å². The summed E-state index contributed by atoms with van der Waals surface area (Å²) in [7, 11) is 0. The van der Waals surface area contributed by atoms with Gasteiger partial charge in [0.05, 0.1) is 12.7 Å². The maximum atomic E-state index is 11.5. The molecule has 4 heteroatoms. The van der Waals surface area contributed by atoms with Crippen LogP contribution in [0, 0.1) is 6.92 Å². The predicted octanol–water partition coefficient (Wildman–Crippen LogP) is 6.35. The molecular formula is C31H34O4. The van der Waals surface area contributed by atoms with Gasteiger partial charge in [0.15, 0.2) is 0 Å². The summed E-state index contributed by atoms with van der Waals surface area (Å²) in [6.45, 7) is 4.38. The molecule has 3 aromatic carbocycles. The van der Waals surface area contributed by atoms with Crippen molar-refractivity contribution in [1.29, 1.82) is 0 Å². The van der Waals surface area contributed by atoms with Gasteiger partial charge in [0.1, 0.15) is 18.5 Å². The molecule has 0 radical (unpaired) electrons. The summed E-state index contributed by atoms with van der Waals surface area (Å²) in [5.41, 5.74) is 7.00. The van der Waals surface area contributed by atoms with Crippen LogP contribution >= 0.6 is 0 Å². The molecule has 2 atom stereocenters. The summed E-state index contributed by atoms with van der Waals surface area (Å²) in [6, 6.07) is 26.5.